The maximum absolute atomic E-state index is 13.5. The molecule has 0 fully saturated rings. The highest BCUT2D eigenvalue weighted by Gasteiger charge is 2.43. The Morgan fingerprint density at radius 2 is 1.65 bits per heavy atom. The van der Waals surface area contributed by atoms with Crippen molar-refractivity contribution < 1.29 is 29.0 Å². The maximum atomic E-state index is 13.5. The number of halogens is 2. The number of allylic oxidation sites excluding steroid dienone is 4. The van der Waals surface area contributed by atoms with Gasteiger partial charge in [-0.15, -0.1) is 0 Å². The van der Waals surface area contributed by atoms with E-state index in [0.717, 1.165) is 17.0 Å². The summed E-state index contributed by atoms with van der Waals surface area (Å²) in [7, 11) is 0. The third-order valence-corrected chi connectivity index (χ3v) is 8.09. The smallest absolute Gasteiger partial charge is 0.305 e. The molecule has 0 amide bonds. The van der Waals surface area contributed by atoms with Crippen LogP contribution in [-0.4, -0.2) is 40.7 Å². The van der Waals surface area contributed by atoms with Gasteiger partial charge in [0.1, 0.15) is 6.61 Å². The SMILES string of the molecule is CCOc1cc(C2C3=C(CCCC3=O)N(CCC(=O)O)C3=C2C(=O)CCC3)cc(Cl)c1OCc1cccc(Cl)c1. The number of carboxylic acid groups (broad SMARTS) is 1. The normalized spacial score (nSPS) is 17.6. The minimum Gasteiger partial charge on any atom is -0.490 e. The number of hydrogen-bond donors (Lipinski definition) is 1. The highest BCUT2D eigenvalue weighted by atomic mass is 35.5. The number of ketones is 2. The Hall–Kier alpha value is -3.29. The van der Waals surface area contributed by atoms with E-state index in [1.807, 2.05) is 36.1 Å². The molecular weight excluding hydrogens is 553 g/mol. The van der Waals surface area contributed by atoms with Gasteiger partial charge in [0.05, 0.1) is 18.1 Å². The lowest BCUT2D eigenvalue weighted by molar-refractivity contribution is -0.137. The third-order valence-electron chi connectivity index (χ3n) is 7.57. The van der Waals surface area contributed by atoms with Crippen molar-refractivity contribution in [3.63, 3.8) is 0 Å². The predicted octanol–water partition coefficient (Wildman–Crippen LogP) is 6.86. The average molecular weight is 584 g/mol. The molecule has 2 aliphatic carbocycles. The lowest BCUT2D eigenvalue weighted by Crippen LogP contribution is -2.39. The van der Waals surface area contributed by atoms with Gasteiger partial charge in [-0.1, -0.05) is 35.3 Å². The Labute approximate surface area is 243 Å². The molecule has 2 aromatic rings. The molecule has 9 heteroatoms. The molecule has 0 atom stereocenters. The van der Waals surface area contributed by atoms with Crippen LogP contribution in [0.3, 0.4) is 0 Å². The Kier molecular flexibility index (Phi) is 8.52. The van der Waals surface area contributed by atoms with Crippen LogP contribution >= 0.6 is 23.2 Å². The van der Waals surface area contributed by atoms with Crippen LogP contribution < -0.4 is 9.47 Å². The van der Waals surface area contributed by atoms with E-state index < -0.39 is 11.9 Å². The molecule has 0 saturated carbocycles. The molecule has 1 N–H and O–H groups in total. The monoisotopic (exact) mass is 583 g/mol. The third kappa shape index (κ3) is 5.63. The van der Waals surface area contributed by atoms with E-state index in [1.165, 1.54) is 0 Å². The Balaban J connectivity index is 1.60. The molecule has 40 heavy (non-hydrogen) atoms. The summed E-state index contributed by atoms with van der Waals surface area (Å²) in [5.41, 5.74) is 4.34. The van der Waals surface area contributed by atoms with Crippen molar-refractivity contribution >= 4 is 40.7 Å². The first kappa shape index (κ1) is 28.2. The molecule has 1 aliphatic heterocycles. The predicted molar refractivity (Wildman–Crippen MR) is 152 cm³/mol. The van der Waals surface area contributed by atoms with Gasteiger partial charge in [0.2, 0.25) is 0 Å². The summed E-state index contributed by atoms with van der Waals surface area (Å²) in [5, 5.41) is 10.3. The summed E-state index contributed by atoms with van der Waals surface area (Å²) in [5.74, 6) is -0.753. The number of nitrogens with zero attached hydrogens (tertiary/aromatic N) is 1. The topological polar surface area (TPSA) is 93.1 Å². The van der Waals surface area contributed by atoms with Gasteiger partial charge in [-0.05, 0) is 68.0 Å². The molecule has 0 unspecified atom stereocenters. The number of rotatable bonds is 9. The molecule has 0 spiro atoms. The number of aliphatic carboxylic acids is 1. The Morgan fingerprint density at radius 3 is 2.25 bits per heavy atom. The lowest BCUT2D eigenvalue weighted by Gasteiger charge is -2.44. The van der Waals surface area contributed by atoms with E-state index in [9.17, 15) is 19.5 Å². The van der Waals surface area contributed by atoms with Crippen LogP contribution in [-0.2, 0) is 21.0 Å². The number of Topliss-reactive ketones (excluding diaryl/α,β-unsaturated/α-hetero) is 2. The van der Waals surface area contributed by atoms with E-state index >= 15 is 0 Å². The number of carboxylic acids is 1. The fourth-order valence-corrected chi connectivity index (χ4v) is 6.45. The minimum absolute atomic E-state index is 0.0214. The second-order valence-corrected chi connectivity index (χ2v) is 11.0. The van der Waals surface area contributed by atoms with E-state index in [0.29, 0.717) is 83.4 Å². The summed E-state index contributed by atoms with van der Waals surface area (Å²) in [6.07, 6.45) is 3.35. The molecule has 0 saturated heterocycles. The van der Waals surface area contributed by atoms with Crippen LogP contribution in [0.15, 0.2) is 58.9 Å². The molecule has 0 radical (unpaired) electrons. The molecule has 2 aromatic carbocycles. The lowest BCUT2D eigenvalue weighted by atomic mass is 9.71. The van der Waals surface area contributed by atoms with Crippen LogP contribution in [0.2, 0.25) is 10.0 Å². The van der Waals surface area contributed by atoms with Crippen LogP contribution in [0, 0.1) is 0 Å². The van der Waals surface area contributed by atoms with Crippen molar-refractivity contribution in [2.45, 2.75) is 64.4 Å². The highest BCUT2D eigenvalue weighted by molar-refractivity contribution is 6.32. The average Bonchev–Trinajstić information content (AvgIpc) is 2.91. The molecule has 5 rings (SSSR count). The zero-order chi connectivity index (χ0) is 28.4. The van der Waals surface area contributed by atoms with Gasteiger partial charge in [-0.2, -0.15) is 0 Å². The van der Waals surface area contributed by atoms with Crippen LogP contribution in [0.5, 0.6) is 11.5 Å². The standard InChI is InChI=1S/C31H31Cl2NO6/c1-2-39-26-16-19(15-21(33)31(26)40-17-18-6-3-7-20(32)14-18)28-29-22(8-4-10-24(29)35)34(13-12-27(37)38)23-9-5-11-25(36)30(23)28/h3,6-7,14-16,28H,2,4-5,8-13,17H2,1H3,(H,37,38). The van der Waals surface area contributed by atoms with Gasteiger partial charge in [0, 0.05) is 52.9 Å². The Bertz CT molecular complexity index is 1380. The maximum Gasteiger partial charge on any atom is 0.305 e. The molecule has 1 heterocycles. The van der Waals surface area contributed by atoms with Gasteiger partial charge >= 0.3 is 5.97 Å². The first-order chi connectivity index (χ1) is 19.3. The van der Waals surface area contributed by atoms with E-state index in [-0.39, 0.29) is 31.1 Å². The molecular formula is C31H31Cl2NO6. The van der Waals surface area contributed by atoms with E-state index in [4.69, 9.17) is 32.7 Å². The second-order valence-electron chi connectivity index (χ2n) is 10.2. The summed E-state index contributed by atoms with van der Waals surface area (Å²) in [6.45, 7) is 2.67. The fourth-order valence-electron chi connectivity index (χ4n) is 5.97. The van der Waals surface area contributed by atoms with E-state index in [2.05, 4.69) is 0 Å². The van der Waals surface area contributed by atoms with Crippen LogP contribution in [0.1, 0.15) is 68.9 Å². The van der Waals surface area contributed by atoms with Crippen molar-refractivity contribution in [1.29, 1.82) is 0 Å². The summed E-state index contributed by atoms with van der Waals surface area (Å²) in [4.78, 5) is 40.4. The van der Waals surface area contributed by atoms with Crippen molar-refractivity contribution in [1.82, 2.24) is 4.90 Å². The van der Waals surface area contributed by atoms with Crippen LogP contribution in [0.4, 0.5) is 0 Å². The quantitative estimate of drug-likeness (QED) is 0.344. The molecule has 0 aromatic heterocycles. The van der Waals surface area contributed by atoms with Gasteiger partial charge < -0.3 is 19.5 Å². The zero-order valence-electron chi connectivity index (χ0n) is 22.3. The zero-order valence-corrected chi connectivity index (χ0v) is 23.8. The van der Waals surface area contributed by atoms with Gasteiger partial charge in [-0.25, -0.2) is 0 Å². The van der Waals surface area contributed by atoms with Gasteiger partial charge in [-0.3, -0.25) is 14.4 Å². The van der Waals surface area contributed by atoms with Gasteiger partial charge in [0.25, 0.3) is 0 Å². The number of benzene rings is 2. The van der Waals surface area contributed by atoms with Crippen LogP contribution in [0.25, 0.3) is 0 Å². The summed E-state index contributed by atoms with van der Waals surface area (Å²) < 4.78 is 12.1. The molecule has 0 bridgehead atoms. The first-order valence-corrected chi connectivity index (χ1v) is 14.4. The molecule has 3 aliphatic rings. The fraction of sp³-hybridized carbons (Fsp3) is 0.387. The second kappa shape index (κ2) is 12.1. The van der Waals surface area contributed by atoms with Crippen molar-refractivity contribution in [3.05, 3.63) is 80.1 Å². The van der Waals surface area contributed by atoms with Crippen molar-refractivity contribution in [2.75, 3.05) is 13.2 Å². The minimum atomic E-state index is -0.919. The number of hydrogen-bond acceptors (Lipinski definition) is 6. The largest absolute Gasteiger partial charge is 0.490 e. The van der Waals surface area contributed by atoms with Gasteiger partial charge in [0.15, 0.2) is 23.1 Å². The molecule has 210 valence electrons. The van der Waals surface area contributed by atoms with E-state index in [1.54, 1.807) is 12.1 Å². The summed E-state index contributed by atoms with van der Waals surface area (Å²) >= 11 is 12.9. The Morgan fingerprint density at radius 1 is 0.975 bits per heavy atom. The number of carbonyl (C=O) groups excluding carboxylic acids is 2. The first-order valence-electron chi connectivity index (χ1n) is 13.6. The highest BCUT2D eigenvalue weighted by Crippen LogP contribution is 2.51. The van der Waals surface area contributed by atoms with Crippen molar-refractivity contribution in [2.24, 2.45) is 0 Å². The number of ether oxygens (including phenoxy) is 2. The van der Waals surface area contributed by atoms with Crippen molar-refractivity contribution in [3.8, 4) is 11.5 Å². The molecule has 7 nitrogen and oxygen atoms in total. The number of carbonyl (C=O) groups is 3. The summed E-state index contributed by atoms with van der Waals surface area (Å²) in [6, 6.07) is 10.9.